The Kier molecular flexibility index (Phi) is 4.51. The van der Waals surface area contributed by atoms with Gasteiger partial charge in [-0.1, -0.05) is 36.4 Å². The van der Waals surface area contributed by atoms with Gasteiger partial charge in [-0.15, -0.1) is 0 Å². The number of para-hydroxylation sites is 1. The van der Waals surface area contributed by atoms with Crippen LogP contribution in [0, 0.1) is 13.8 Å². The number of fused-ring (bicyclic) bond motifs is 1. The summed E-state index contributed by atoms with van der Waals surface area (Å²) in [5, 5.41) is 12.7. The number of rotatable bonds is 4. The molecule has 8 nitrogen and oxygen atoms in total. The highest BCUT2D eigenvalue weighted by Gasteiger charge is 2.18. The summed E-state index contributed by atoms with van der Waals surface area (Å²) < 4.78 is 3.37. The van der Waals surface area contributed by atoms with Crippen LogP contribution in [0.15, 0.2) is 73.2 Å². The molecule has 0 aliphatic heterocycles. The Hall–Kier alpha value is -4.33. The first kappa shape index (κ1) is 18.7. The maximum Gasteiger partial charge on any atom is 0.257 e. The molecule has 0 saturated carbocycles. The normalized spacial score (nSPS) is 11.0. The van der Waals surface area contributed by atoms with Crippen molar-refractivity contribution in [2.45, 2.75) is 13.8 Å². The second-order valence-electron chi connectivity index (χ2n) is 7.18. The summed E-state index contributed by atoms with van der Waals surface area (Å²) in [6.07, 6.45) is 3.18. The molecule has 0 saturated heterocycles. The third-order valence-electron chi connectivity index (χ3n) is 5.01. The molecule has 31 heavy (non-hydrogen) atoms. The van der Waals surface area contributed by atoms with E-state index in [4.69, 9.17) is 0 Å². The molecule has 2 aromatic carbocycles. The van der Waals surface area contributed by atoms with Crippen LogP contribution in [0.1, 0.15) is 21.6 Å². The number of benzene rings is 2. The summed E-state index contributed by atoms with van der Waals surface area (Å²) in [6.45, 7) is 3.77. The summed E-state index contributed by atoms with van der Waals surface area (Å²) in [4.78, 5) is 21.7. The van der Waals surface area contributed by atoms with Gasteiger partial charge in [-0.3, -0.25) is 4.79 Å². The Morgan fingerprint density at radius 1 is 0.935 bits per heavy atom. The van der Waals surface area contributed by atoms with Gasteiger partial charge in [-0.05, 0) is 37.6 Å². The van der Waals surface area contributed by atoms with Gasteiger partial charge in [0.1, 0.15) is 12.1 Å². The minimum absolute atomic E-state index is 0.204. The van der Waals surface area contributed by atoms with E-state index in [-0.39, 0.29) is 5.91 Å². The average Bonchev–Trinajstić information content (AvgIpc) is 3.38. The van der Waals surface area contributed by atoms with Crippen molar-refractivity contribution in [3.05, 3.63) is 90.0 Å². The predicted octanol–water partition coefficient (Wildman–Crippen LogP) is 3.87. The third-order valence-corrected chi connectivity index (χ3v) is 5.01. The highest BCUT2D eigenvalue weighted by atomic mass is 16.1. The fourth-order valence-corrected chi connectivity index (χ4v) is 3.52. The van der Waals surface area contributed by atoms with Gasteiger partial charge in [0.15, 0.2) is 11.5 Å². The summed E-state index contributed by atoms with van der Waals surface area (Å²) >= 11 is 0. The number of aryl methyl sites for hydroxylation is 2. The zero-order valence-electron chi connectivity index (χ0n) is 17.0. The van der Waals surface area contributed by atoms with E-state index >= 15 is 0 Å². The van der Waals surface area contributed by atoms with Gasteiger partial charge < -0.3 is 5.32 Å². The quantitative estimate of drug-likeness (QED) is 0.487. The van der Waals surface area contributed by atoms with Gasteiger partial charge in [0, 0.05) is 11.6 Å². The first-order valence-electron chi connectivity index (χ1n) is 9.80. The second-order valence-corrected chi connectivity index (χ2v) is 7.18. The molecule has 0 aliphatic carbocycles. The first-order valence-corrected chi connectivity index (χ1v) is 9.80. The molecule has 0 unspecified atom stereocenters. The van der Waals surface area contributed by atoms with E-state index in [2.05, 4.69) is 25.5 Å². The fraction of sp³-hybridized carbons (Fsp3) is 0.0870. The van der Waals surface area contributed by atoms with Gasteiger partial charge in [0.25, 0.3) is 5.91 Å². The van der Waals surface area contributed by atoms with E-state index in [0.717, 1.165) is 22.3 Å². The molecule has 0 aliphatic rings. The number of hydrogen-bond acceptors (Lipinski definition) is 5. The Labute approximate surface area is 178 Å². The van der Waals surface area contributed by atoms with Crippen LogP contribution >= 0.6 is 0 Å². The van der Waals surface area contributed by atoms with Crippen molar-refractivity contribution >= 4 is 22.8 Å². The molecule has 5 aromatic rings. The largest absolute Gasteiger partial charge is 0.306 e. The van der Waals surface area contributed by atoms with Gasteiger partial charge >= 0.3 is 0 Å². The number of aromatic nitrogens is 6. The van der Waals surface area contributed by atoms with E-state index in [1.807, 2.05) is 68.4 Å². The standard InChI is InChI=1S/C23H19N7O/c1-15-8-6-7-11-18(15)23(31)27-20-12-16(2)28-30(20)22-19-13-26-29(21(19)24-14-25-22)17-9-4-3-5-10-17/h3-14H,1-2H3,(H,27,31). The predicted molar refractivity (Wildman–Crippen MR) is 118 cm³/mol. The third kappa shape index (κ3) is 3.33. The molecule has 0 bridgehead atoms. The molecule has 3 heterocycles. The topological polar surface area (TPSA) is 90.5 Å². The SMILES string of the molecule is Cc1cc(NC(=O)c2ccccc2C)n(-c2ncnc3c2cnn3-c2ccccc2)n1. The molecule has 8 heteroatoms. The van der Waals surface area contributed by atoms with Crippen molar-refractivity contribution < 1.29 is 4.79 Å². The van der Waals surface area contributed by atoms with Gasteiger partial charge in [0.05, 0.1) is 23.0 Å². The molecular formula is C23H19N7O. The molecule has 152 valence electrons. The number of nitrogens with one attached hydrogen (secondary N) is 1. The molecule has 0 spiro atoms. The lowest BCUT2D eigenvalue weighted by molar-refractivity contribution is 0.102. The minimum Gasteiger partial charge on any atom is -0.306 e. The molecule has 1 amide bonds. The smallest absolute Gasteiger partial charge is 0.257 e. The zero-order chi connectivity index (χ0) is 21.4. The lowest BCUT2D eigenvalue weighted by atomic mass is 10.1. The zero-order valence-corrected chi connectivity index (χ0v) is 17.0. The van der Waals surface area contributed by atoms with Crippen LogP contribution in [0.4, 0.5) is 5.82 Å². The molecular weight excluding hydrogens is 390 g/mol. The molecule has 1 N–H and O–H groups in total. The lowest BCUT2D eigenvalue weighted by Gasteiger charge is -2.10. The number of nitrogens with zero attached hydrogens (tertiary/aromatic N) is 6. The summed E-state index contributed by atoms with van der Waals surface area (Å²) in [5.74, 6) is 0.864. The average molecular weight is 409 g/mol. The lowest BCUT2D eigenvalue weighted by Crippen LogP contribution is -2.16. The van der Waals surface area contributed by atoms with E-state index in [1.54, 1.807) is 21.6 Å². The van der Waals surface area contributed by atoms with Gasteiger partial charge in [-0.25, -0.2) is 14.6 Å². The van der Waals surface area contributed by atoms with Gasteiger partial charge in [0.2, 0.25) is 0 Å². The Balaban J connectivity index is 1.58. The van der Waals surface area contributed by atoms with E-state index in [0.29, 0.717) is 22.8 Å². The summed E-state index contributed by atoms with van der Waals surface area (Å²) in [5.41, 5.74) is 3.81. The Morgan fingerprint density at radius 2 is 1.71 bits per heavy atom. The highest BCUT2D eigenvalue weighted by Crippen LogP contribution is 2.24. The van der Waals surface area contributed by atoms with E-state index in [1.165, 1.54) is 6.33 Å². The van der Waals surface area contributed by atoms with Crippen LogP contribution in [-0.2, 0) is 0 Å². The van der Waals surface area contributed by atoms with Crippen molar-refractivity contribution in [3.63, 3.8) is 0 Å². The number of hydrogen-bond donors (Lipinski definition) is 1. The van der Waals surface area contributed by atoms with E-state index < -0.39 is 0 Å². The summed E-state index contributed by atoms with van der Waals surface area (Å²) in [7, 11) is 0. The summed E-state index contributed by atoms with van der Waals surface area (Å²) in [6, 6.07) is 19.0. The number of amides is 1. The molecule has 3 aromatic heterocycles. The van der Waals surface area contributed by atoms with Crippen molar-refractivity contribution in [2.75, 3.05) is 5.32 Å². The van der Waals surface area contributed by atoms with Crippen molar-refractivity contribution in [3.8, 4) is 11.5 Å². The second kappa shape index (κ2) is 7.49. The van der Waals surface area contributed by atoms with Crippen LogP contribution in [0.3, 0.4) is 0 Å². The first-order chi connectivity index (χ1) is 15.1. The van der Waals surface area contributed by atoms with Crippen LogP contribution in [0.25, 0.3) is 22.5 Å². The Morgan fingerprint density at radius 3 is 2.52 bits per heavy atom. The molecule has 0 atom stereocenters. The van der Waals surface area contributed by atoms with Gasteiger partial charge in [-0.2, -0.15) is 14.9 Å². The monoisotopic (exact) mass is 409 g/mol. The number of carbonyl (C=O) groups excluding carboxylic acids is 1. The Bertz CT molecular complexity index is 1400. The van der Waals surface area contributed by atoms with E-state index in [9.17, 15) is 4.79 Å². The molecule has 0 radical (unpaired) electrons. The maximum atomic E-state index is 12.9. The van der Waals surface area contributed by atoms with Crippen LogP contribution in [-0.4, -0.2) is 35.4 Å². The van der Waals surface area contributed by atoms with Crippen LogP contribution < -0.4 is 5.32 Å². The van der Waals surface area contributed by atoms with Crippen LogP contribution in [0.2, 0.25) is 0 Å². The fourth-order valence-electron chi connectivity index (χ4n) is 3.52. The number of carbonyl (C=O) groups is 1. The molecule has 5 rings (SSSR count). The number of anilines is 1. The maximum absolute atomic E-state index is 12.9. The van der Waals surface area contributed by atoms with Crippen molar-refractivity contribution in [1.82, 2.24) is 29.5 Å². The molecule has 0 fully saturated rings. The minimum atomic E-state index is -0.204. The van der Waals surface area contributed by atoms with Crippen LogP contribution in [0.5, 0.6) is 0 Å². The van der Waals surface area contributed by atoms with Crippen molar-refractivity contribution in [1.29, 1.82) is 0 Å². The highest BCUT2D eigenvalue weighted by molar-refractivity contribution is 6.05. The van der Waals surface area contributed by atoms with Crippen molar-refractivity contribution in [2.24, 2.45) is 0 Å².